The number of carbonyl (C=O) groups excluding carboxylic acids is 1. The number of benzene rings is 4. The van der Waals surface area contributed by atoms with Crippen LogP contribution in [-0.2, 0) is 16.1 Å². The van der Waals surface area contributed by atoms with Crippen molar-refractivity contribution < 1.29 is 19.0 Å². The van der Waals surface area contributed by atoms with E-state index in [0.717, 1.165) is 31.6 Å². The summed E-state index contributed by atoms with van der Waals surface area (Å²) in [7, 11) is 0. The lowest BCUT2D eigenvalue weighted by Crippen LogP contribution is -2.40. The number of hydrogen-bond donors (Lipinski definition) is 0. The van der Waals surface area contributed by atoms with Crippen LogP contribution in [0.1, 0.15) is 42.1 Å². The number of ether oxygens (including phenoxy) is 3. The highest BCUT2D eigenvalue weighted by Crippen LogP contribution is 2.36. The molecule has 2 heterocycles. The molecule has 0 unspecified atom stereocenters. The molecule has 1 aliphatic rings. The highest BCUT2D eigenvalue weighted by molar-refractivity contribution is 9.10. The molecule has 0 radical (unpaired) electrons. The molecule has 0 N–H and O–H groups in total. The number of halogens is 1. The molecule has 5 aromatic rings. The van der Waals surface area contributed by atoms with Crippen molar-refractivity contribution in [1.82, 2.24) is 4.57 Å². The third kappa shape index (κ3) is 7.21. The number of rotatable bonds is 11. The number of esters is 1. The molecule has 1 atom stereocenters. The van der Waals surface area contributed by atoms with Gasteiger partial charge in [0.05, 0.1) is 35.1 Å². The van der Waals surface area contributed by atoms with Gasteiger partial charge in [-0.15, -0.1) is 11.8 Å². The van der Waals surface area contributed by atoms with E-state index in [1.54, 1.807) is 23.3 Å². The number of aromatic nitrogens is 1. The Morgan fingerprint density at radius 2 is 1.69 bits per heavy atom. The summed E-state index contributed by atoms with van der Waals surface area (Å²) in [5.74, 6) is 0.686. The molecule has 10 heteroatoms. The monoisotopic (exact) mass is 740 g/mol. The molecule has 244 valence electrons. The lowest BCUT2D eigenvalue weighted by Gasteiger charge is -2.26. The van der Waals surface area contributed by atoms with Crippen molar-refractivity contribution in [2.24, 2.45) is 4.99 Å². The van der Waals surface area contributed by atoms with Crippen LogP contribution in [-0.4, -0.2) is 30.0 Å². The minimum atomic E-state index is -0.734. The van der Waals surface area contributed by atoms with Gasteiger partial charge in [0.25, 0.3) is 5.56 Å². The summed E-state index contributed by atoms with van der Waals surface area (Å²) >= 11 is 6.37. The first-order valence-electron chi connectivity index (χ1n) is 15.5. The molecule has 0 saturated carbocycles. The Balaban J connectivity index is 1.47. The fraction of sp³-hybridized carbons (Fsp3) is 0.184. The van der Waals surface area contributed by atoms with E-state index in [1.807, 2.05) is 116 Å². The van der Waals surface area contributed by atoms with Crippen LogP contribution in [0.3, 0.4) is 0 Å². The number of thioether (sulfide) groups is 1. The normalized spacial score (nSPS) is 14.3. The number of fused-ring (bicyclic) bond motifs is 1. The first kappa shape index (κ1) is 33.5. The maximum absolute atomic E-state index is 14.3. The van der Waals surface area contributed by atoms with E-state index >= 15 is 0 Å². The van der Waals surface area contributed by atoms with Gasteiger partial charge in [0, 0.05) is 14.9 Å². The second-order valence-electron chi connectivity index (χ2n) is 10.8. The predicted octanol–water partition coefficient (Wildman–Crippen LogP) is 7.40. The van der Waals surface area contributed by atoms with Gasteiger partial charge in [-0.3, -0.25) is 9.36 Å². The molecule has 0 spiro atoms. The summed E-state index contributed by atoms with van der Waals surface area (Å²) in [5, 5.41) is 0. The molecular formula is C38H33BrN2O5S2. The highest BCUT2D eigenvalue weighted by Gasteiger charge is 2.35. The highest BCUT2D eigenvalue weighted by atomic mass is 79.9. The molecule has 0 amide bonds. The lowest BCUT2D eigenvalue weighted by atomic mass is 9.93. The SMILES string of the molecule is CCOC(=O)C1=C(c2ccccc2)N=c2s/c(=C\c3ccc(OCc4ccc(Br)cc4)c(OCC)c3)c(=O)n2[C@H]1c1ccc(SC)cc1. The molecule has 4 aromatic carbocycles. The minimum absolute atomic E-state index is 0.192. The van der Waals surface area contributed by atoms with Gasteiger partial charge in [0.15, 0.2) is 16.3 Å². The second-order valence-corrected chi connectivity index (χ2v) is 13.6. The van der Waals surface area contributed by atoms with Gasteiger partial charge >= 0.3 is 5.97 Å². The van der Waals surface area contributed by atoms with Gasteiger partial charge < -0.3 is 14.2 Å². The van der Waals surface area contributed by atoms with Gasteiger partial charge in [-0.1, -0.05) is 87.9 Å². The Morgan fingerprint density at radius 3 is 2.38 bits per heavy atom. The molecule has 0 aliphatic carbocycles. The summed E-state index contributed by atoms with van der Waals surface area (Å²) in [6, 6.07) is 30.3. The van der Waals surface area contributed by atoms with Crippen LogP contribution in [0.15, 0.2) is 122 Å². The Hall–Kier alpha value is -4.38. The van der Waals surface area contributed by atoms with Gasteiger partial charge in [-0.05, 0) is 79.3 Å². The molecule has 0 saturated heterocycles. The summed E-state index contributed by atoms with van der Waals surface area (Å²) in [5.41, 5.74) is 3.92. The summed E-state index contributed by atoms with van der Waals surface area (Å²) in [6.45, 7) is 4.72. The van der Waals surface area contributed by atoms with Gasteiger partial charge in [-0.25, -0.2) is 9.79 Å². The van der Waals surface area contributed by atoms with E-state index < -0.39 is 12.0 Å². The molecule has 0 fully saturated rings. The fourth-order valence-electron chi connectivity index (χ4n) is 5.44. The van der Waals surface area contributed by atoms with Crippen molar-refractivity contribution >= 4 is 56.8 Å². The summed E-state index contributed by atoms with van der Waals surface area (Å²) < 4.78 is 20.7. The van der Waals surface area contributed by atoms with E-state index in [4.69, 9.17) is 19.2 Å². The van der Waals surface area contributed by atoms with Crippen LogP contribution in [0, 0.1) is 0 Å². The van der Waals surface area contributed by atoms with Crippen LogP contribution in [0.2, 0.25) is 0 Å². The van der Waals surface area contributed by atoms with Crippen LogP contribution in [0.4, 0.5) is 0 Å². The summed E-state index contributed by atoms with van der Waals surface area (Å²) in [4.78, 5) is 34.5. The van der Waals surface area contributed by atoms with E-state index in [1.165, 1.54) is 11.3 Å². The average Bonchev–Trinajstić information content (AvgIpc) is 3.42. The zero-order chi connectivity index (χ0) is 33.6. The molecule has 48 heavy (non-hydrogen) atoms. The maximum atomic E-state index is 14.3. The molecule has 0 bridgehead atoms. The van der Waals surface area contributed by atoms with Crippen LogP contribution in [0.25, 0.3) is 11.8 Å². The van der Waals surface area contributed by atoms with E-state index in [2.05, 4.69) is 15.9 Å². The van der Waals surface area contributed by atoms with Crippen molar-refractivity contribution in [1.29, 1.82) is 0 Å². The van der Waals surface area contributed by atoms with Crippen molar-refractivity contribution in [3.05, 3.63) is 149 Å². The topological polar surface area (TPSA) is 79.1 Å². The van der Waals surface area contributed by atoms with Gasteiger partial charge in [-0.2, -0.15) is 0 Å². The first-order chi connectivity index (χ1) is 23.4. The number of carbonyl (C=O) groups is 1. The predicted molar refractivity (Wildman–Crippen MR) is 195 cm³/mol. The number of nitrogens with zero attached hydrogens (tertiary/aromatic N) is 2. The van der Waals surface area contributed by atoms with Crippen molar-refractivity contribution in [3.8, 4) is 11.5 Å². The molecule has 1 aliphatic heterocycles. The largest absolute Gasteiger partial charge is 0.490 e. The third-order valence-electron chi connectivity index (χ3n) is 7.68. The lowest BCUT2D eigenvalue weighted by molar-refractivity contribution is -0.138. The van der Waals surface area contributed by atoms with E-state index in [-0.39, 0.29) is 12.2 Å². The van der Waals surface area contributed by atoms with E-state index in [9.17, 15) is 9.59 Å². The zero-order valence-corrected chi connectivity index (χ0v) is 29.9. The molecule has 7 nitrogen and oxygen atoms in total. The van der Waals surface area contributed by atoms with Crippen LogP contribution >= 0.6 is 39.0 Å². The van der Waals surface area contributed by atoms with Crippen LogP contribution < -0.4 is 24.4 Å². The standard InChI is InChI=1S/C38H33BrN2O5S2/c1-4-44-31-21-25(13-20-30(31)46-23-24-11-16-28(39)17-12-24)22-32-36(42)41-35(27-14-18-29(47-3)19-15-27)33(37(43)45-5-2)34(40-38(41)48-32)26-9-7-6-8-10-26/h6-22,35H,4-5,23H2,1-3H3/b32-22-/t35-/m0/s1. The third-order valence-corrected chi connectivity index (χ3v) is 9.93. The number of thiazole rings is 1. The van der Waals surface area contributed by atoms with Crippen molar-refractivity contribution in [2.45, 2.75) is 31.4 Å². The van der Waals surface area contributed by atoms with Crippen LogP contribution in [0.5, 0.6) is 11.5 Å². The molecular weight excluding hydrogens is 708 g/mol. The van der Waals surface area contributed by atoms with Crippen molar-refractivity contribution in [2.75, 3.05) is 19.5 Å². The Morgan fingerprint density at radius 1 is 0.938 bits per heavy atom. The summed E-state index contributed by atoms with van der Waals surface area (Å²) in [6.07, 6.45) is 3.84. The zero-order valence-electron chi connectivity index (χ0n) is 26.6. The molecule has 1 aromatic heterocycles. The second kappa shape index (κ2) is 15.2. The van der Waals surface area contributed by atoms with Gasteiger partial charge in [0.1, 0.15) is 6.61 Å². The minimum Gasteiger partial charge on any atom is -0.490 e. The quantitative estimate of drug-likeness (QED) is 0.104. The smallest absolute Gasteiger partial charge is 0.338 e. The van der Waals surface area contributed by atoms with Gasteiger partial charge in [0.2, 0.25) is 0 Å². The fourth-order valence-corrected chi connectivity index (χ4v) is 7.11. The molecule has 6 rings (SSSR count). The maximum Gasteiger partial charge on any atom is 0.338 e. The number of hydrogen-bond acceptors (Lipinski definition) is 8. The first-order valence-corrected chi connectivity index (χ1v) is 18.3. The Labute approximate surface area is 295 Å². The van der Waals surface area contributed by atoms with Crippen molar-refractivity contribution in [3.63, 3.8) is 0 Å². The Kier molecular flexibility index (Phi) is 10.6. The van der Waals surface area contributed by atoms with E-state index in [0.29, 0.717) is 45.3 Å². The average molecular weight is 742 g/mol. The Bertz CT molecular complexity index is 2140.